The Hall–Kier alpha value is -2.17. The monoisotopic (exact) mass is 318 g/mol. The number of benzene rings is 1. The molecule has 3 aromatic rings. The normalized spacial score (nSPS) is 10.8. The third-order valence-electron chi connectivity index (χ3n) is 3.02. The predicted molar refractivity (Wildman–Crippen MR) is 82.7 cm³/mol. The first-order valence-electron chi connectivity index (χ1n) is 6.02. The molecule has 0 N–H and O–H groups in total. The molecule has 21 heavy (non-hydrogen) atoms. The second-order valence-corrected chi connectivity index (χ2v) is 5.27. The van der Waals surface area contributed by atoms with E-state index in [-0.39, 0.29) is 5.56 Å². The van der Waals surface area contributed by atoms with Crippen LogP contribution in [0.1, 0.15) is 10.4 Å². The number of nitrogens with zero attached hydrogens (tertiary/aromatic N) is 2. The number of pyridine rings is 2. The van der Waals surface area contributed by atoms with Crippen molar-refractivity contribution < 1.29 is 4.79 Å². The molecular weight excluding hydrogens is 311 g/mol. The van der Waals surface area contributed by atoms with Crippen LogP contribution in [0.2, 0.25) is 10.0 Å². The van der Waals surface area contributed by atoms with Gasteiger partial charge in [0.2, 0.25) is 0 Å². The molecule has 0 unspecified atom stereocenters. The summed E-state index contributed by atoms with van der Waals surface area (Å²) in [4.78, 5) is 27.8. The lowest BCUT2D eigenvalue weighted by Gasteiger charge is -2.11. The smallest absolute Gasteiger partial charge is 0.267 e. The molecule has 0 spiro atoms. The SMILES string of the molecule is O=Cc1cc2cccnc2n(-c2cc(Cl)cc(Cl)c2)c1=O. The highest BCUT2D eigenvalue weighted by atomic mass is 35.5. The fourth-order valence-corrected chi connectivity index (χ4v) is 2.67. The molecule has 3 rings (SSSR count). The van der Waals surface area contributed by atoms with Crippen molar-refractivity contribution in [3.8, 4) is 5.69 Å². The van der Waals surface area contributed by atoms with Gasteiger partial charge in [-0.1, -0.05) is 23.2 Å². The Kier molecular flexibility index (Phi) is 3.49. The van der Waals surface area contributed by atoms with Gasteiger partial charge in [0.25, 0.3) is 5.56 Å². The molecule has 0 atom stereocenters. The van der Waals surface area contributed by atoms with Crippen LogP contribution < -0.4 is 5.56 Å². The molecule has 0 fully saturated rings. The Morgan fingerprint density at radius 1 is 1.10 bits per heavy atom. The number of halogens is 2. The van der Waals surface area contributed by atoms with Gasteiger partial charge in [0.15, 0.2) is 6.29 Å². The molecule has 2 aromatic heterocycles. The molecule has 0 aliphatic carbocycles. The lowest BCUT2D eigenvalue weighted by molar-refractivity contribution is 0.112. The summed E-state index contributed by atoms with van der Waals surface area (Å²) in [6.45, 7) is 0. The second-order valence-electron chi connectivity index (χ2n) is 4.40. The first kappa shape index (κ1) is 13.8. The van der Waals surface area contributed by atoms with Gasteiger partial charge in [-0.05, 0) is 36.4 Å². The largest absolute Gasteiger partial charge is 0.298 e. The third-order valence-corrected chi connectivity index (χ3v) is 3.46. The lowest BCUT2D eigenvalue weighted by Crippen LogP contribution is -2.23. The fourth-order valence-electron chi connectivity index (χ4n) is 2.16. The van der Waals surface area contributed by atoms with Crippen molar-refractivity contribution in [2.45, 2.75) is 0 Å². The number of carbonyl (C=O) groups is 1. The zero-order valence-electron chi connectivity index (χ0n) is 10.6. The quantitative estimate of drug-likeness (QED) is 0.679. The average Bonchev–Trinajstić information content (AvgIpc) is 2.45. The highest BCUT2D eigenvalue weighted by Gasteiger charge is 2.12. The van der Waals surface area contributed by atoms with Crippen molar-refractivity contribution in [3.63, 3.8) is 0 Å². The van der Waals surface area contributed by atoms with E-state index in [9.17, 15) is 9.59 Å². The molecule has 0 radical (unpaired) electrons. The van der Waals surface area contributed by atoms with Crippen LogP contribution in [0.25, 0.3) is 16.7 Å². The molecule has 0 aliphatic rings. The summed E-state index contributed by atoms with van der Waals surface area (Å²) in [5.74, 6) is 0. The van der Waals surface area contributed by atoms with E-state index >= 15 is 0 Å². The van der Waals surface area contributed by atoms with Crippen LogP contribution in [0.4, 0.5) is 0 Å². The van der Waals surface area contributed by atoms with E-state index in [0.717, 1.165) is 0 Å². The molecule has 0 amide bonds. The molecule has 104 valence electrons. The minimum absolute atomic E-state index is 0.0478. The van der Waals surface area contributed by atoms with Gasteiger partial charge in [0.05, 0.1) is 11.3 Å². The standard InChI is InChI=1S/C15H8Cl2N2O2/c16-11-5-12(17)7-13(6-11)19-14-9(2-1-3-18-14)4-10(8-20)15(19)21/h1-8H. The fraction of sp³-hybridized carbons (Fsp3) is 0. The summed E-state index contributed by atoms with van der Waals surface area (Å²) in [5.41, 5.74) is 0.484. The molecule has 0 saturated carbocycles. The van der Waals surface area contributed by atoms with Gasteiger partial charge < -0.3 is 0 Å². The summed E-state index contributed by atoms with van der Waals surface area (Å²) < 4.78 is 1.33. The molecule has 4 nitrogen and oxygen atoms in total. The van der Waals surface area contributed by atoms with Crippen LogP contribution in [0.5, 0.6) is 0 Å². The van der Waals surface area contributed by atoms with E-state index < -0.39 is 5.56 Å². The van der Waals surface area contributed by atoms with Crippen LogP contribution in [0.15, 0.2) is 47.4 Å². The number of carbonyl (C=O) groups excluding carboxylic acids is 1. The predicted octanol–water partition coefficient (Wildman–Crippen LogP) is 3.51. The maximum Gasteiger partial charge on any atom is 0.267 e. The van der Waals surface area contributed by atoms with E-state index in [4.69, 9.17) is 23.2 Å². The Balaban J connectivity index is 2.48. The number of hydrogen-bond acceptors (Lipinski definition) is 3. The summed E-state index contributed by atoms with van der Waals surface area (Å²) >= 11 is 12.0. The van der Waals surface area contributed by atoms with Crippen LogP contribution in [-0.2, 0) is 0 Å². The van der Waals surface area contributed by atoms with Gasteiger partial charge in [-0.25, -0.2) is 4.98 Å². The Morgan fingerprint density at radius 3 is 2.48 bits per heavy atom. The second kappa shape index (κ2) is 5.31. The van der Waals surface area contributed by atoms with E-state index in [1.54, 1.807) is 36.5 Å². The number of hydrogen-bond donors (Lipinski definition) is 0. The summed E-state index contributed by atoms with van der Waals surface area (Å²) in [5, 5.41) is 1.46. The van der Waals surface area contributed by atoms with Crippen LogP contribution in [0.3, 0.4) is 0 Å². The molecule has 0 bridgehead atoms. The molecular formula is C15H8Cl2N2O2. The van der Waals surface area contributed by atoms with Gasteiger partial charge in [-0.3, -0.25) is 14.2 Å². The molecule has 6 heteroatoms. The van der Waals surface area contributed by atoms with Gasteiger partial charge in [0, 0.05) is 21.6 Å². The van der Waals surface area contributed by atoms with Crippen molar-refractivity contribution in [1.82, 2.24) is 9.55 Å². The number of aldehydes is 1. The number of fused-ring (bicyclic) bond motifs is 1. The third kappa shape index (κ3) is 2.44. The van der Waals surface area contributed by atoms with E-state index in [1.807, 2.05) is 0 Å². The summed E-state index contributed by atoms with van der Waals surface area (Å²) in [6.07, 6.45) is 2.10. The van der Waals surface area contributed by atoms with Gasteiger partial charge in [-0.15, -0.1) is 0 Å². The van der Waals surface area contributed by atoms with Crippen molar-refractivity contribution in [2.24, 2.45) is 0 Å². The van der Waals surface area contributed by atoms with Crippen molar-refractivity contribution in [3.05, 3.63) is 68.6 Å². The highest BCUT2D eigenvalue weighted by molar-refractivity contribution is 6.34. The number of aromatic nitrogens is 2. The average molecular weight is 319 g/mol. The Labute approximate surface area is 129 Å². The van der Waals surface area contributed by atoms with Crippen molar-refractivity contribution in [2.75, 3.05) is 0 Å². The van der Waals surface area contributed by atoms with Gasteiger partial charge in [-0.2, -0.15) is 0 Å². The molecule has 1 aromatic carbocycles. The van der Waals surface area contributed by atoms with Crippen LogP contribution >= 0.6 is 23.2 Å². The lowest BCUT2D eigenvalue weighted by atomic mass is 10.2. The molecule has 0 aliphatic heterocycles. The zero-order chi connectivity index (χ0) is 15.0. The topological polar surface area (TPSA) is 52.0 Å². The van der Waals surface area contributed by atoms with E-state index in [0.29, 0.717) is 33.1 Å². The summed E-state index contributed by atoms with van der Waals surface area (Å²) in [7, 11) is 0. The van der Waals surface area contributed by atoms with Crippen LogP contribution in [-0.4, -0.2) is 15.8 Å². The van der Waals surface area contributed by atoms with E-state index in [2.05, 4.69) is 4.98 Å². The van der Waals surface area contributed by atoms with Gasteiger partial charge in [0.1, 0.15) is 5.65 Å². The zero-order valence-corrected chi connectivity index (χ0v) is 12.1. The maximum atomic E-state index is 12.4. The van der Waals surface area contributed by atoms with E-state index in [1.165, 1.54) is 10.6 Å². The maximum absolute atomic E-state index is 12.4. The first-order chi connectivity index (χ1) is 10.1. The first-order valence-corrected chi connectivity index (χ1v) is 6.78. The minimum atomic E-state index is -0.463. The van der Waals surface area contributed by atoms with Crippen molar-refractivity contribution in [1.29, 1.82) is 0 Å². The minimum Gasteiger partial charge on any atom is -0.298 e. The highest BCUT2D eigenvalue weighted by Crippen LogP contribution is 2.23. The van der Waals surface area contributed by atoms with Crippen molar-refractivity contribution >= 4 is 40.5 Å². The Morgan fingerprint density at radius 2 is 1.81 bits per heavy atom. The number of rotatable bonds is 2. The van der Waals surface area contributed by atoms with Crippen LogP contribution in [0, 0.1) is 0 Å². The Bertz CT molecular complexity index is 899. The summed E-state index contributed by atoms with van der Waals surface area (Å²) in [6, 6.07) is 9.78. The molecule has 2 heterocycles. The molecule has 0 saturated heterocycles. The van der Waals surface area contributed by atoms with Gasteiger partial charge >= 0.3 is 0 Å².